The lowest BCUT2D eigenvalue weighted by Gasteiger charge is -2.18. The van der Waals surface area contributed by atoms with E-state index in [1.165, 1.54) is 11.1 Å². The summed E-state index contributed by atoms with van der Waals surface area (Å²) in [6.07, 6.45) is 1.08. The molecule has 2 heteroatoms. The van der Waals surface area contributed by atoms with Crippen molar-refractivity contribution in [3.05, 3.63) is 35.4 Å². The maximum atomic E-state index is 5.22. The van der Waals surface area contributed by atoms with Gasteiger partial charge in [0.05, 0.1) is 12.6 Å². The van der Waals surface area contributed by atoms with Crippen LogP contribution in [0.4, 0.5) is 0 Å². The average molecular weight is 207 g/mol. The highest BCUT2D eigenvalue weighted by Crippen LogP contribution is 2.15. The molecule has 0 fully saturated rings. The number of aryl methyl sites for hydroxylation is 1. The molecule has 0 aliphatic rings. The molecule has 0 radical (unpaired) electrons. The van der Waals surface area contributed by atoms with Crippen molar-refractivity contribution in [2.45, 2.75) is 26.3 Å². The average Bonchev–Trinajstić information content (AvgIpc) is 2.29. The quantitative estimate of drug-likeness (QED) is 0.774. The summed E-state index contributed by atoms with van der Waals surface area (Å²) in [6, 6.07) is 9.01. The molecule has 0 spiro atoms. The predicted molar refractivity (Wildman–Crippen MR) is 64.1 cm³/mol. The zero-order valence-corrected chi connectivity index (χ0v) is 9.92. The van der Waals surface area contributed by atoms with Crippen LogP contribution in [-0.4, -0.2) is 20.3 Å². The SMILES string of the molecule is CCNC(COC)c1cccc(CC)c1. The topological polar surface area (TPSA) is 21.3 Å². The van der Waals surface area contributed by atoms with E-state index < -0.39 is 0 Å². The molecule has 1 atom stereocenters. The predicted octanol–water partition coefficient (Wildman–Crippen LogP) is 2.55. The summed E-state index contributed by atoms with van der Waals surface area (Å²) < 4.78 is 5.22. The summed E-state index contributed by atoms with van der Waals surface area (Å²) in [6.45, 7) is 5.98. The Bertz CT molecular complexity index is 280. The van der Waals surface area contributed by atoms with E-state index >= 15 is 0 Å². The van der Waals surface area contributed by atoms with Crippen molar-refractivity contribution in [2.24, 2.45) is 0 Å². The number of likely N-dealkylation sites (N-methyl/N-ethyl adjacent to an activating group) is 1. The van der Waals surface area contributed by atoms with E-state index in [9.17, 15) is 0 Å². The molecule has 1 unspecified atom stereocenters. The van der Waals surface area contributed by atoms with Gasteiger partial charge in [-0.3, -0.25) is 0 Å². The minimum atomic E-state index is 0.312. The number of nitrogens with one attached hydrogen (secondary N) is 1. The molecular weight excluding hydrogens is 186 g/mol. The van der Waals surface area contributed by atoms with E-state index in [1.54, 1.807) is 7.11 Å². The summed E-state index contributed by atoms with van der Waals surface area (Å²) in [5.74, 6) is 0. The fourth-order valence-electron chi connectivity index (χ4n) is 1.72. The van der Waals surface area contributed by atoms with Crippen molar-refractivity contribution in [2.75, 3.05) is 20.3 Å². The second-order valence-corrected chi connectivity index (χ2v) is 3.66. The second kappa shape index (κ2) is 6.59. The van der Waals surface area contributed by atoms with Gasteiger partial charge in [-0.15, -0.1) is 0 Å². The number of methoxy groups -OCH3 is 1. The van der Waals surface area contributed by atoms with E-state index in [-0.39, 0.29) is 0 Å². The molecule has 0 heterocycles. The summed E-state index contributed by atoms with van der Waals surface area (Å²) in [7, 11) is 1.74. The molecule has 0 aliphatic heterocycles. The van der Waals surface area contributed by atoms with Gasteiger partial charge in [-0.2, -0.15) is 0 Å². The number of benzene rings is 1. The molecule has 2 nitrogen and oxygen atoms in total. The minimum Gasteiger partial charge on any atom is -0.383 e. The zero-order valence-electron chi connectivity index (χ0n) is 9.92. The lowest BCUT2D eigenvalue weighted by Crippen LogP contribution is -2.24. The van der Waals surface area contributed by atoms with Crippen molar-refractivity contribution in [3.8, 4) is 0 Å². The lowest BCUT2D eigenvalue weighted by molar-refractivity contribution is 0.168. The van der Waals surface area contributed by atoms with Gasteiger partial charge >= 0.3 is 0 Å². The Morgan fingerprint density at radius 2 is 2.13 bits per heavy atom. The third-order valence-electron chi connectivity index (χ3n) is 2.55. The largest absolute Gasteiger partial charge is 0.383 e. The number of hydrogen-bond donors (Lipinski definition) is 1. The molecule has 0 amide bonds. The standard InChI is InChI=1S/C13H21NO/c1-4-11-7-6-8-12(9-11)13(10-15-3)14-5-2/h6-9,13-14H,4-5,10H2,1-3H3. The molecule has 1 N–H and O–H groups in total. The first-order chi connectivity index (χ1) is 7.31. The van der Waals surface area contributed by atoms with Crippen LogP contribution < -0.4 is 5.32 Å². The van der Waals surface area contributed by atoms with Crippen LogP contribution in [-0.2, 0) is 11.2 Å². The highest BCUT2D eigenvalue weighted by atomic mass is 16.5. The Morgan fingerprint density at radius 3 is 2.73 bits per heavy atom. The van der Waals surface area contributed by atoms with Crippen molar-refractivity contribution in [1.29, 1.82) is 0 Å². The Balaban J connectivity index is 2.79. The molecule has 0 aromatic heterocycles. The molecule has 84 valence electrons. The van der Waals surface area contributed by atoms with Crippen LogP contribution in [0.15, 0.2) is 24.3 Å². The molecular formula is C13H21NO. The van der Waals surface area contributed by atoms with Crippen molar-refractivity contribution in [3.63, 3.8) is 0 Å². The van der Waals surface area contributed by atoms with Crippen LogP contribution >= 0.6 is 0 Å². The monoisotopic (exact) mass is 207 g/mol. The normalized spacial score (nSPS) is 12.7. The van der Waals surface area contributed by atoms with Crippen molar-refractivity contribution in [1.82, 2.24) is 5.32 Å². The Labute approximate surface area is 92.6 Å². The van der Waals surface area contributed by atoms with Gasteiger partial charge < -0.3 is 10.1 Å². The van der Waals surface area contributed by atoms with Crippen LogP contribution in [0.5, 0.6) is 0 Å². The maximum Gasteiger partial charge on any atom is 0.0657 e. The Morgan fingerprint density at radius 1 is 1.33 bits per heavy atom. The maximum absolute atomic E-state index is 5.22. The molecule has 15 heavy (non-hydrogen) atoms. The molecule has 0 saturated heterocycles. The zero-order chi connectivity index (χ0) is 11.1. The van der Waals surface area contributed by atoms with Crippen molar-refractivity contribution < 1.29 is 4.74 Å². The molecule has 1 aromatic carbocycles. The summed E-state index contributed by atoms with van der Waals surface area (Å²) >= 11 is 0. The van der Waals surface area contributed by atoms with Crippen LogP contribution in [0.25, 0.3) is 0 Å². The fraction of sp³-hybridized carbons (Fsp3) is 0.538. The highest BCUT2D eigenvalue weighted by Gasteiger charge is 2.09. The number of hydrogen-bond acceptors (Lipinski definition) is 2. The molecule has 0 aliphatic carbocycles. The number of rotatable bonds is 6. The van der Waals surface area contributed by atoms with Gasteiger partial charge in [-0.25, -0.2) is 0 Å². The van der Waals surface area contributed by atoms with E-state index in [4.69, 9.17) is 4.74 Å². The van der Waals surface area contributed by atoms with Gasteiger partial charge in [0.1, 0.15) is 0 Å². The first-order valence-corrected chi connectivity index (χ1v) is 5.63. The Kier molecular flexibility index (Phi) is 5.37. The highest BCUT2D eigenvalue weighted by molar-refractivity contribution is 5.26. The second-order valence-electron chi connectivity index (χ2n) is 3.66. The fourth-order valence-corrected chi connectivity index (χ4v) is 1.72. The molecule has 0 bridgehead atoms. The molecule has 1 aromatic rings. The molecule has 0 saturated carbocycles. The summed E-state index contributed by atoms with van der Waals surface area (Å²) in [4.78, 5) is 0. The van der Waals surface area contributed by atoms with Crippen LogP contribution in [0.3, 0.4) is 0 Å². The van der Waals surface area contributed by atoms with Gasteiger partial charge in [0, 0.05) is 7.11 Å². The van der Waals surface area contributed by atoms with Gasteiger partial charge in [0.25, 0.3) is 0 Å². The van der Waals surface area contributed by atoms with Crippen LogP contribution in [0.1, 0.15) is 31.0 Å². The molecule has 1 rings (SSSR count). The first kappa shape index (κ1) is 12.2. The van der Waals surface area contributed by atoms with Crippen molar-refractivity contribution >= 4 is 0 Å². The smallest absolute Gasteiger partial charge is 0.0657 e. The van der Waals surface area contributed by atoms with Crippen LogP contribution in [0.2, 0.25) is 0 Å². The third-order valence-corrected chi connectivity index (χ3v) is 2.55. The van der Waals surface area contributed by atoms with E-state index in [1.807, 2.05) is 0 Å². The van der Waals surface area contributed by atoms with Gasteiger partial charge in [-0.1, -0.05) is 38.1 Å². The van der Waals surface area contributed by atoms with E-state index in [0.29, 0.717) is 6.04 Å². The van der Waals surface area contributed by atoms with E-state index in [2.05, 4.69) is 43.4 Å². The summed E-state index contributed by atoms with van der Waals surface area (Å²) in [5.41, 5.74) is 2.70. The van der Waals surface area contributed by atoms with Gasteiger partial charge in [0.15, 0.2) is 0 Å². The van der Waals surface area contributed by atoms with Gasteiger partial charge in [-0.05, 0) is 24.1 Å². The minimum absolute atomic E-state index is 0.312. The summed E-state index contributed by atoms with van der Waals surface area (Å²) in [5, 5.41) is 3.43. The first-order valence-electron chi connectivity index (χ1n) is 5.63. The van der Waals surface area contributed by atoms with Crippen LogP contribution in [0, 0.1) is 0 Å². The van der Waals surface area contributed by atoms with E-state index in [0.717, 1.165) is 19.6 Å². The third kappa shape index (κ3) is 3.65. The number of ether oxygens (including phenoxy) is 1. The lowest BCUT2D eigenvalue weighted by atomic mass is 10.0. The Hall–Kier alpha value is -0.860. The van der Waals surface area contributed by atoms with Gasteiger partial charge in [0.2, 0.25) is 0 Å².